The Labute approximate surface area is 164 Å². The predicted molar refractivity (Wildman–Crippen MR) is 105 cm³/mol. The first-order chi connectivity index (χ1) is 11.9. The molecule has 1 saturated heterocycles. The zero-order valence-electron chi connectivity index (χ0n) is 14.5. The van der Waals surface area contributed by atoms with E-state index in [2.05, 4.69) is 21.0 Å². The standard InChI is InChI=1S/C17H20FI2N4S/c1-17(2,3)13-12(18)16(25-4)24-15(23-13)11-7-22-14-10(11)5-9(6-21-14)20-8-19-20/h5,7,9H,6,8H2,1-4H3,(H,21,22)/q-1. The Bertz CT molecular complexity index is 947. The molecule has 4 heterocycles. The number of aromatic amines is 1. The summed E-state index contributed by atoms with van der Waals surface area (Å²) in [5.74, 6) is 0.311. The molecule has 136 valence electrons. The number of thioether (sulfide) groups is 1. The van der Waals surface area contributed by atoms with E-state index in [9.17, 15) is 4.39 Å². The molecule has 0 amide bonds. The molecular formula is C17H20FI2N4S-. The van der Waals surface area contributed by atoms with Crippen molar-refractivity contribution in [1.29, 1.82) is 0 Å². The third kappa shape index (κ3) is 3.50. The summed E-state index contributed by atoms with van der Waals surface area (Å²) in [6.07, 6.45) is 6.20. The molecule has 2 aliphatic heterocycles. The molecule has 1 unspecified atom stereocenters. The summed E-state index contributed by atoms with van der Waals surface area (Å²) in [7, 11) is 0. The van der Waals surface area contributed by atoms with Crippen LogP contribution in [-0.2, 0) is 5.41 Å². The van der Waals surface area contributed by atoms with Gasteiger partial charge in [0.25, 0.3) is 0 Å². The average molecular weight is 585 g/mol. The summed E-state index contributed by atoms with van der Waals surface area (Å²) in [5.41, 5.74) is 1.99. The van der Waals surface area contributed by atoms with Crippen LogP contribution in [0.3, 0.4) is 0 Å². The predicted octanol–water partition coefficient (Wildman–Crippen LogP) is -0.106. The number of alkyl halides is 3. The van der Waals surface area contributed by atoms with Crippen LogP contribution in [0.2, 0.25) is 0 Å². The molecule has 8 heteroatoms. The van der Waals surface area contributed by atoms with Crippen molar-refractivity contribution in [2.45, 2.75) is 35.1 Å². The molecule has 2 aliphatic rings. The monoisotopic (exact) mass is 585 g/mol. The van der Waals surface area contributed by atoms with Gasteiger partial charge in [-0.3, -0.25) is 0 Å². The Balaban J connectivity index is 1.90. The number of hydrogen-bond acceptors (Lipinski definition) is 4. The summed E-state index contributed by atoms with van der Waals surface area (Å²) < 4.78 is 17.0. The van der Waals surface area contributed by atoms with Gasteiger partial charge in [-0.05, 0) is 0 Å². The van der Waals surface area contributed by atoms with Gasteiger partial charge >= 0.3 is 165 Å². The second kappa shape index (κ2) is 6.74. The molecule has 1 atom stereocenters. The SMILES string of the molecule is CSc1nc(-c2c[nH]c3c2=CC(I2C[I-]2)CN=3)nc(C(C)(C)C)c1F. The first kappa shape index (κ1) is 18.1. The quantitative estimate of drug-likeness (QED) is 0.237. The molecule has 0 radical (unpaired) electrons. The molecule has 0 bridgehead atoms. The number of H-pyrrole nitrogens is 1. The van der Waals surface area contributed by atoms with Gasteiger partial charge in [-0.2, -0.15) is 0 Å². The van der Waals surface area contributed by atoms with Gasteiger partial charge in [0.05, 0.1) is 0 Å². The minimum absolute atomic E-state index is 0.296. The van der Waals surface area contributed by atoms with E-state index < -0.39 is 15.8 Å². The van der Waals surface area contributed by atoms with Crippen molar-refractivity contribution in [2.75, 3.05) is 15.2 Å². The number of nitrogens with zero attached hydrogens (tertiary/aromatic N) is 3. The van der Waals surface area contributed by atoms with Crippen molar-refractivity contribution in [1.82, 2.24) is 15.0 Å². The van der Waals surface area contributed by atoms with Crippen molar-refractivity contribution < 1.29 is 21.6 Å². The molecule has 2 aromatic heterocycles. The Morgan fingerprint density at radius 2 is 2.12 bits per heavy atom. The van der Waals surface area contributed by atoms with E-state index in [0.29, 0.717) is 37.7 Å². The first-order valence-electron chi connectivity index (χ1n) is 7.99. The summed E-state index contributed by atoms with van der Waals surface area (Å²) in [6.45, 7) is 6.91. The Morgan fingerprint density at radius 1 is 1.36 bits per heavy atom. The second-order valence-electron chi connectivity index (χ2n) is 7.00. The van der Waals surface area contributed by atoms with E-state index in [1.165, 1.54) is 11.8 Å². The number of nitrogens with one attached hydrogen (secondary N) is 1. The van der Waals surface area contributed by atoms with Crippen LogP contribution in [0.1, 0.15) is 26.5 Å². The maximum atomic E-state index is 14.7. The molecule has 0 aliphatic carbocycles. The topological polar surface area (TPSA) is 53.9 Å². The van der Waals surface area contributed by atoms with Gasteiger partial charge in [0.15, 0.2) is 0 Å². The summed E-state index contributed by atoms with van der Waals surface area (Å²) in [6, 6.07) is 0. The number of fused-ring (bicyclic) bond motifs is 1. The third-order valence-corrected chi connectivity index (χ3v) is 20.9. The van der Waals surface area contributed by atoms with Gasteiger partial charge in [0.2, 0.25) is 0 Å². The van der Waals surface area contributed by atoms with E-state index in [0.717, 1.165) is 22.8 Å². The molecule has 0 aromatic carbocycles. The first-order valence-corrected chi connectivity index (χ1v) is 19.8. The summed E-state index contributed by atoms with van der Waals surface area (Å²) in [4.78, 5) is 17.2. The molecule has 25 heavy (non-hydrogen) atoms. The van der Waals surface area contributed by atoms with E-state index in [1.807, 2.05) is 33.2 Å². The van der Waals surface area contributed by atoms with Crippen LogP contribution in [0.4, 0.5) is 4.39 Å². The molecular weight excluding hydrogens is 565 g/mol. The number of rotatable bonds is 3. The molecule has 2 aromatic rings. The summed E-state index contributed by atoms with van der Waals surface area (Å²) in [5, 5.41) is 1.54. The van der Waals surface area contributed by atoms with Gasteiger partial charge in [-0.15, -0.1) is 0 Å². The van der Waals surface area contributed by atoms with E-state index in [-0.39, 0.29) is 11.2 Å². The van der Waals surface area contributed by atoms with E-state index >= 15 is 0 Å². The van der Waals surface area contributed by atoms with Crippen molar-refractivity contribution in [3.8, 4) is 11.4 Å². The van der Waals surface area contributed by atoms with Crippen LogP contribution in [0.15, 0.2) is 16.2 Å². The van der Waals surface area contributed by atoms with Crippen LogP contribution in [0.25, 0.3) is 17.5 Å². The van der Waals surface area contributed by atoms with E-state index in [1.54, 1.807) is 2.43 Å². The fraction of sp³-hybridized carbons (Fsp3) is 0.471. The zero-order valence-corrected chi connectivity index (χ0v) is 19.7. The maximum absolute atomic E-state index is 14.7. The summed E-state index contributed by atoms with van der Waals surface area (Å²) >= 11 is 1.24. The fourth-order valence-corrected chi connectivity index (χ4v) is 19.8. The van der Waals surface area contributed by atoms with Gasteiger partial charge < -0.3 is 0 Å². The van der Waals surface area contributed by atoms with E-state index in [4.69, 9.17) is 4.99 Å². The van der Waals surface area contributed by atoms with Gasteiger partial charge in [-0.1, -0.05) is 0 Å². The third-order valence-electron chi connectivity index (χ3n) is 4.16. The Morgan fingerprint density at radius 3 is 2.76 bits per heavy atom. The molecule has 1 fully saturated rings. The number of hydrogen-bond donors (Lipinski definition) is 1. The van der Waals surface area contributed by atoms with Crippen molar-refractivity contribution in [3.05, 3.63) is 28.4 Å². The van der Waals surface area contributed by atoms with Gasteiger partial charge in [-0.25, -0.2) is 0 Å². The normalized spacial score (nSPS) is 21.0. The molecule has 4 rings (SSSR count). The van der Waals surface area contributed by atoms with Crippen LogP contribution in [0.5, 0.6) is 0 Å². The van der Waals surface area contributed by atoms with Crippen molar-refractivity contribution >= 4 is 33.7 Å². The van der Waals surface area contributed by atoms with Crippen LogP contribution in [-0.4, -0.2) is 34.1 Å². The zero-order chi connectivity index (χ0) is 17.8. The molecule has 0 spiro atoms. The van der Waals surface area contributed by atoms with Gasteiger partial charge in [0.1, 0.15) is 0 Å². The Hall–Kier alpha value is -0.230. The number of aromatic nitrogens is 3. The minimum atomic E-state index is -0.642. The second-order valence-corrected chi connectivity index (χ2v) is 27.2. The van der Waals surface area contributed by atoms with Crippen molar-refractivity contribution in [2.24, 2.45) is 4.99 Å². The fourth-order valence-electron chi connectivity index (χ4n) is 2.81. The number of halogens is 3. The average Bonchev–Trinajstić information content (AvgIpc) is 3.33. The molecule has 0 saturated carbocycles. The molecule has 4 nitrogen and oxygen atoms in total. The Kier molecular flexibility index (Phi) is 4.89. The van der Waals surface area contributed by atoms with Crippen LogP contribution >= 0.6 is 27.6 Å². The van der Waals surface area contributed by atoms with Crippen LogP contribution in [0, 0.1) is 5.82 Å². The van der Waals surface area contributed by atoms with Crippen LogP contribution < -0.4 is 27.9 Å². The van der Waals surface area contributed by atoms with Gasteiger partial charge in [0, 0.05) is 0 Å². The molecule has 1 N–H and O–H groups in total. The van der Waals surface area contributed by atoms with Crippen molar-refractivity contribution in [3.63, 3.8) is 0 Å².